The Hall–Kier alpha value is -5.23. The third-order valence-electron chi connectivity index (χ3n) is 7.39. The Morgan fingerprint density at radius 2 is 1.54 bits per heavy atom. The number of benzene rings is 1. The lowest BCUT2D eigenvalue weighted by molar-refractivity contribution is -0.136. The Labute approximate surface area is 301 Å². The van der Waals surface area contributed by atoms with Crippen LogP contribution in [0.4, 0.5) is 10.5 Å². The van der Waals surface area contributed by atoms with E-state index in [2.05, 4.69) is 31.6 Å². The predicted octanol–water partition coefficient (Wildman–Crippen LogP) is -0.140. The normalized spacial score (nSPS) is 14.3. The summed E-state index contributed by atoms with van der Waals surface area (Å²) in [6, 6.07) is 0.438. The number of aliphatic hydroxyl groups is 2. The summed E-state index contributed by atoms with van der Waals surface area (Å²) >= 11 is 0. The Morgan fingerprint density at radius 3 is 2.12 bits per heavy atom. The summed E-state index contributed by atoms with van der Waals surface area (Å²) in [7, 11) is 0. The molecule has 1 aromatic carbocycles. The summed E-state index contributed by atoms with van der Waals surface area (Å²) in [5.74, 6) is -3.70. The van der Waals surface area contributed by atoms with E-state index in [4.69, 9.17) is 20.6 Å². The van der Waals surface area contributed by atoms with Gasteiger partial charge >= 0.3 is 11.7 Å². The first-order chi connectivity index (χ1) is 24.2. The summed E-state index contributed by atoms with van der Waals surface area (Å²) in [6.07, 6.45) is -1.93. The number of carbonyl (C=O) groups is 5. The average Bonchev–Trinajstić information content (AvgIpc) is 3.01. The minimum atomic E-state index is -1.64. The second-order valence-corrected chi connectivity index (χ2v) is 13.8. The minimum Gasteiger partial charge on any atom is -0.444 e. The molecule has 2 rings (SSSR count). The van der Waals surface area contributed by atoms with E-state index >= 15 is 0 Å². The van der Waals surface area contributed by atoms with Gasteiger partial charge in [-0.25, -0.2) is 9.59 Å². The molecule has 0 aliphatic heterocycles. The summed E-state index contributed by atoms with van der Waals surface area (Å²) in [5, 5.41) is 33.5. The summed E-state index contributed by atoms with van der Waals surface area (Å²) in [5.41, 5.74) is 10.5. The molecule has 1 heterocycles. The number of nitrogens with two attached hydrogens (primary N) is 2. The first-order valence-electron chi connectivity index (χ1n) is 16.8. The van der Waals surface area contributed by atoms with Gasteiger partial charge < -0.3 is 57.4 Å². The van der Waals surface area contributed by atoms with Crippen LogP contribution in [-0.4, -0.2) is 94.9 Å². The van der Waals surface area contributed by atoms with Crippen LogP contribution >= 0.6 is 0 Å². The van der Waals surface area contributed by atoms with Crippen molar-refractivity contribution in [3.8, 4) is 0 Å². The van der Waals surface area contributed by atoms with Gasteiger partial charge in [-0.05, 0) is 77.5 Å². The maximum atomic E-state index is 13.5. The van der Waals surface area contributed by atoms with Crippen LogP contribution in [0.2, 0.25) is 0 Å². The number of rotatable bonds is 17. The number of aliphatic imine (C=N–C) groups is 1. The van der Waals surface area contributed by atoms with Crippen LogP contribution in [0.5, 0.6) is 0 Å². The van der Waals surface area contributed by atoms with Gasteiger partial charge in [0.15, 0.2) is 5.96 Å². The van der Waals surface area contributed by atoms with E-state index in [9.17, 15) is 39.0 Å². The molecule has 52 heavy (non-hydrogen) atoms. The number of nitrogens with one attached hydrogen (secondary N) is 5. The Balaban J connectivity index is 2.23. The molecule has 0 aliphatic carbocycles. The predicted molar refractivity (Wildman–Crippen MR) is 193 cm³/mol. The van der Waals surface area contributed by atoms with Gasteiger partial charge in [0.05, 0.1) is 12.7 Å². The number of nitrogens with zero attached hydrogens (tertiary/aromatic N) is 1. The second kappa shape index (κ2) is 19.4. The number of amides is 5. The van der Waals surface area contributed by atoms with Gasteiger partial charge in [0.1, 0.15) is 35.4 Å². The maximum Gasteiger partial charge on any atom is 0.408 e. The third kappa shape index (κ3) is 14.2. The number of carbonyl (C=O) groups excluding carboxylic acids is 5. The minimum absolute atomic E-state index is 0.0216. The lowest BCUT2D eigenvalue weighted by atomic mass is 10.0. The molecule has 18 heteroatoms. The Bertz CT molecular complexity index is 1660. The van der Waals surface area contributed by atoms with Crippen molar-refractivity contribution in [1.82, 2.24) is 21.3 Å². The quantitative estimate of drug-likeness (QED) is 0.0445. The van der Waals surface area contributed by atoms with E-state index in [-0.39, 0.29) is 49.0 Å². The highest BCUT2D eigenvalue weighted by atomic mass is 16.6. The van der Waals surface area contributed by atoms with Crippen molar-refractivity contribution in [1.29, 1.82) is 0 Å². The highest BCUT2D eigenvalue weighted by Crippen LogP contribution is 2.21. The molecule has 18 nitrogen and oxygen atoms in total. The van der Waals surface area contributed by atoms with Gasteiger partial charge in [0.2, 0.25) is 23.6 Å². The molecule has 0 spiro atoms. The van der Waals surface area contributed by atoms with Gasteiger partial charge in [0, 0.05) is 29.8 Å². The molecule has 1 aromatic heterocycles. The number of aryl methyl sites for hydroxylation is 1. The molecule has 0 saturated carbocycles. The summed E-state index contributed by atoms with van der Waals surface area (Å²) in [4.78, 5) is 81.5. The maximum absolute atomic E-state index is 13.5. The standard InChI is InChI=1S/C34H52N8O10/c1-17(2)13-23(41-33(50)52-34(5,6)7)29(47)40-24(16-43)30(48)42-27(19(4)44)31(49)39-22(9-8-12-37-32(35)36)28(46)38-20-10-11-21-18(3)14-26(45)51-25(21)15-20/h10-11,14-15,17,19,22-24,27,43-44H,8-9,12-13,16H2,1-7H3,(H,38,46)(H,39,49)(H,40,47)(H,41,50)(H,42,48)(H4,35,36,37)/t19-,22-,23+,24-,27+/m0/s1. The first-order valence-corrected chi connectivity index (χ1v) is 16.8. The zero-order valence-corrected chi connectivity index (χ0v) is 30.6. The number of anilines is 1. The van der Waals surface area contributed by atoms with Crippen LogP contribution in [0.25, 0.3) is 11.0 Å². The van der Waals surface area contributed by atoms with E-state index in [1.807, 2.05) is 13.8 Å². The average molecular weight is 733 g/mol. The van der Waals surface area contributed by atoms with Crippen molar-refractivity contribution in [2.24, 2.45) is 22.4 Å². The topological polar surface area (TPSA) is 290 Å². The number of alkyl carbamates (subject to hydrolysis) is 1. The molecule has 0 radical (unpaired) electrons. The number of guanidine groups is 1. The zero-order valence-electron chi connectivity index (χ0n) is 30.6. The molecule has 5 amide bonds. The van der Waals surface area contributed by atoms with Gasteiger partial charge in [0.25, 0.3) is 0 Å². The van der Waals surface area contributed by atoms with E-state index in [1.54, 1.807) is 39.8 Å². The van der Waals surface area contributed by atoms with Crippen molar-refractivity contribution in [2.45, 2.75) is 104 Å². The van der Waals surface area contributed by atoms with Gasteiger partial charge in [-0.15, -0.1) is 0 Å². The molecular weight excluding hydrogens is 680 g/mol. The molecule has 288 valence electrons. The number of hydrogen-bond acceptors (Lipinski definition) is 11. The smallest absolute Gasteiger partial charge is 0.408 e. The summed E-state index contributed by atoms with van der Waals surface area (Å²) < 4.78 is 10.5. The van der Waals surface area contributed by atoms with E-state index in [0.717, 1.165) is 0 Å². The molecule has 0 saturated heterocycles. The molecule has 0 aliphatic rings. The van der Waals surface area contributed by atoms with Crippen LogP contribution in [0.1, 0.15) is 66.4 Å². The highest BCUT2D eigenvalue weighted by Gasteiger charge is 2.34. The lowest BCUT2D eigenvalue weighted by Crippen LogP contribution is -2.61. The van der Waals surface area contributed by atoms with E-state index in [0.29, 0.717) is 10.9 Å². The summed E-state index contributed by atoms with van der Waals surface area (Å²) in [6.45, 7) is 10.8. The van der Waals surface area contributed by atoms with Gasteiger partial charge in [-0.2, -0.15) is 0 Å². The van der Waals surface area contributed by atoms with Gasteiger partial charge in [-0.1, -0.05) is 13.8 Å². The first kappa shape index (κ1) is 42.9. The van der Waals surface area contributed by atoms with Crippen LogP contribution in [-0.2, 0) is 23.9 Å². The number of aliphatic hydroxyl groups excluding tert-OH is 2. The molecule has 5 atom stereocenters. The fourth-order valence-corrected chi connectivity index (χ4v) is 4.94. The molecular formula is C34H52N8O10. The van der Waals surface area contributed by atoms with Crippen molar-refractivity contribution in [3.63, 3.8) is 0 Å². The Kier molecular flexibility index (Phi) is 16.0. The van der Waals surface area contributed by atoms with Crippen molar-refractivity contribution >= 4 is 52.3 Å². The molecule has 0 bridgehead atoms. The number of fused-ring (bicyclic) bond motifs is 1. The SMILES string of the molecule is Cc1cc(=O)oc2cc(NC(=O)[C@H](CCCN=C(N)N)NC(=O)[C@H](NC(=O)[C@H](CO)NC(=O)[C@@H](CC(C)C)NC(=O)OC(C)(C)C)[C@H](C)O)ccc12. The van der Waals surface area contributed by atoms with Crippen molar-refractivity contribution < 1.29 is 43.3 Å². The highest BCUT2D eigenvalue weighted by molar-refractivity contribution is 6.00. The molecule has 0 unspecified atom stereocenters. The molecule has 2 aromatic rings. The van der Waals surface area contributed by atoms with Crippen LogP contribution in [0, 0.1) is 12.8 Å². The largest absolute Gasteiger partial charge is 0.444 e. The Morgan fingerprint density at radius 1 is 0.904 bits per heavy atom. The molecule has 11 N–H and O–H groups in total. The van der Waals surface area contributed by atoms with Crippen molar-refractivity contribution in [2.75, 3.05) is 18.5 Å². The number of ether oxygens (including phenoxy) is 1. The van der Waals surface area contributed by atoms with E-state index < -0.39 is 77.8 Å². The lowest BCUT2D eigenvalue weighted by Gasteiger charge is -2.27. The van der Waals surface area contributed by atoms with Crippen LogP contribution in [0.15, 0.2) is 38.5 Å². The zero-order chi connectivity index (χ0) is 39.3. The molecule has 0 fully saturated rings. The number of hydrogen-bond donors (Lipinski definition) is 9. The monoisotopic (exact) mass is 732 g/mol. The van der Waals surface area contributed by atoms with Crippen LogP contribution < -0.4 is 43.7 Å². The fraction of sp³-hybridized carbons (Fsp3) is 0.559. The van der Waals surface area contributed by atoms with Gasteiger partial charge in [-0.3, -0.25) is 24.2 Å². The fourth-order valence-electron chi connectivity index (χ4n) is 4.94. The van der Waals surface area contributed by atoms with Crippen LogP contribution in [0.3, 0.4) is 0 Å². The van der Waals surface area contributed by atoms with E-state index in [1.165, 1.54) is 19.1 Å². The third-order valence-corrected chi connectivity index (χ3v) is 7.39. The van der Waals surface area contributed by atoms with Crippen molar-refractivity contribution in [3.05, 3.63) is 40.2 Å². The second-order valence-electron chi connectivity index (χ2n) is 13.8.